The summed E-state index contributed by atoms with van der Waals surface area (Å²) in [5.41, 5.74) is 2.82. The van der Waals surface area contributed by atoms with E-state index in [0.29, 0.717) is 22.8 Å². The van der Waals surface area contributed by atoms with Gasteiger partial charge in [0, 0.05) is 35.3 Å². The SMILES string of the molecule is C#Cc1cccc(Nc2ncnc3cc(OC)c(NC(=O)C=CCN4CCCCC4)cc23)c1. The van der Waals surface area contributed by atoms with Crippen molar-refractivity contribution >= 4 is 34.0 Å². The van der Waals surface area contributed by atoms with Gasteiger partial charge in [0.05, 0.1) is 18.3 Å². The van der Waals surface area contributed by atoms with Crippen molar-refractivity contribution < 1.29 is 9.53 Å². The summed E-state index contributed by atoms with van der Waals surface area (Å²) in [5, 5.41) is 6.96. The number of aromatic nitrogens is 2. The van der Waals surface area contributed by atoms with E-state index in [1.165, 1.54) is 25.6 Å². The average Bonchev–Trinajstić information content (AvgIpc) is 2.85. The topological polar surface area (TPSA) is 79.4 Å². The van der Waals surface area contributed by atoms with Gasteiger partial charge >= 0.3 is 0 Å². The van der Waals surface area contributed by atoms with Crippen LogP contribution in [-0.2, 0) is 4.79 Å². The van der Waals surface area contributed by atoms with E-state index in [2.05, 4.69) is 31.4 Å². The third-order valence-electron chi connectivity index (χ3n) is 5.59. The smallest absolute Gasteiger partial charge is 0.248 e. The Bertz CT molecular complexity index is 1210. The number of methoxy groups -OCH3 is 1. The van der Waals surface area contributed by atoms with E-state index in [4.69, 9.17) is 11.2 Å². The highest BCUT2D eigenvalue weighted by molar-refractivity contribution is 6.03. The number of nitrogens with zero attached hydrogens (tertiary/aromatic N) is 3. The first-order chi connectivity index (χ1) is 16.2. The predicted molar refractivity (Wildman–Crippen MR) is 132 cm³/mol. The van der Waals surface area contributed by atoms with Crippen LogP contribution in [0.3, 0.4) is 0 Å². The van der Waals surface area contributed by atoms with Crippen molar-refractivity contribution in [1.82, 2.24) is 14.9 Å². The highest BCUT2D eigenvalue weighted by atomic mass is 16.5. The summed E-state index contributed by atoms with van der Waals surface area (Å²) in [5.74, 6) is 3.55. The minimum absolute atomic E-state index is 0.210. The molecule has 0 radical (unpaired) electrons. The molecule has 1 saturated heterocycles. The molecule has 1 aliphatic rings. The second-order valence-corrected chi connectivity index (χ2v) is 7.89. The molecule has 0 spiro atoms. The Hall–Kier alpha value is -3.89. The van der Waals surface area contributed by atoms with Crippen LogP contribution < -0.4 is 15.4 Å². The number of nitrogens with one attached hydrogen (secondary N) is 2. The number of amides is 1. The zero-order valence-electron chi connectivity index (χ0n) is 18.7. The van der Waals surface area contributed by atoms with Crippen molar-refractivity contribution in [1.29, 1.82) is 0 Å². The molecule has 7 heteroatoms. The second-order valence-electron chi connectivity index (χ2n) is 7.89. The molecule has 0 aliphatic carbocycles. The van der Waals surface area contributed by atoms with Crippen molar-refractivity contribution in [2.75, 3.05) is 37.4 Å². The number of benzene rings is 2. The minimum Gasteiger partial charge on any atom is -0.494 e. The highest BCUT2D eigenvalue weighted by Gasteiger charge is 2.13. The lowest BCUT2D eigenvalue weighted by molar-refractivity contribution is -0.111. The molecule has 1 aliphatic heterocycles. The van der Waals surface area contributed by atoms with Crippen LogP contribution in [0.4, 0.5) is 17.2 Å². The van der Waals surface area contributed by atoms with E-state index in [1.54, 1.807) is 19.3 Å². The maximum absolute atomic E-state index is 12.6. The molecule has 168 valence electrons. The molecule has 7 nitrogen and oxygen atoms in total. The standard InChI is InChI=1S/C26H27N5O2/c1-3-19-9-7-10-20(15-19)29-26-21-16-23(24(33-2)17-22(21)27-18-28-26)30-25(32)11-8-14-31-12-5-4-6-13-31/h1,7-11,15-18H,4-6,12-14H2,2H3,(H,30,32)(H,27,28,29). The Balaban J connectivity index is 1.55. The molecule has 1 fully saturated rings. The fourth-order valence-electron chi connectivity index (χ4n) is 3.90. The quantitative estimate of drug-likeness (QED) is 0.419. The van der Waals surface area contributed by atoms with Gasteiger partial charge in [-0.2, -0.15) is 0 Å². The lowest BCUT2D eigenvalue weighted by Gasteiger charge is -2.24. The lowest BCUT2D eigenvalue weighted by atomic mass is 10.1. The Labute approximate surface area is 193 Å². The number of terminal acetylenes is 1. The number of carbonyl (C=O) groups is 1. The van der Waals surface area contributed by atoms with Crippen LogP contribution >= 0.6 is 0 Å². The number of hydrogen-bond donors (Lipinski definition) is 2. The summed E-state index contributed by atoms with van der Waals surface area (Å²) < 4.78 is 5.49. The third-order valence-corrected chi connectivity index (χ3v) is 5.59. The molecule has 2 heterocycles. The summed E-state index contributed by atoms with van der Waals surface area (Å²) >= 11 is 0. The zero-order chi connectivity index (χ0) is 23.0. The fraction of sp³-hybridized carbons (Fsp3) is 0.269. The van der Waals surface area contributed by atoms with Gasteiger partial charge in [0.2, 0.25) is 5.91 Å². The van der Waals surface area contributed by atoms with Crippen molar-refractivity contribution in [3.8, 4) is 18.1 Å². The van der Waals surface area contributed by atoms with Crippen LogP contribution in [0.15, 0.2) is 54.9 Å². The molecule has 3 aromatic rings. The lowest BCUT2D eigenvalue weighted by Crippen LogP contribution is -2.29. The highest BCUT2D eigenvalue weighted by Crippen LogP contribution is 2.33. The van der Waals surface area contributed by atoms with E-state index >= 15 is 0 Å². The maximum Gasteiger partial charge on any atom is 0.248 e. The number of anilines is 3. The van der Waals surface area contributed by atoms with Gasteiger partial charge in [-0.05, 0) is 50.2 Å². The van der Waals surface area contributed by atoms with Crippen LogP contribution in [0, 0.1) is 12.3 Å². The van der Waals surface area contributed by atoms with Crippen molar-refractivity contribution in [2.24, 2.45) is 0 Å². The summed E-state index contributed by atoms with van der Waals surface area (Å²) in [7, 11) is 1.56. The molecule has 33 heavy (non-hydrogen) atoms. The van der Waals surface area contributed by atoms with Crippen molar-refractivity contribution in [2.45, 2.75) is 19.3 Å². The molecule has 1 aromatic heterocycles. The molecule has 1 amide bonds. The van der Waals surface area contributed by atoms with Crippen molar-refractivity contribution in [3.63, 3.8) is 0 Å². The first kappa shape index (κ1) is 22.3. The normalized spacial score (nSPS) is 14.2. The van der Waals surface area contributed by atoms with Crippen LogP contribution in [-0.4, -0.2) is 47.5 Å². The first-order valence-electron chi connectivity index (χ1n) is 11.0. The number of hydrogen-bond acceptors (Lipinski definition) is 6. The number of likely N-dealkylation sites (tertiary alicyclic amines) is 1. The van der Waals surface area contributed by atoms with Gasteiger partial charge in [-0.15, -0.1) is 6.42 Å². The average molecular weight is 442 g/mol. The molecule has 0 atom stereocenters. The molecule has 2 aromatic carbocycles. The zero-order valence-corrected chi connectivity index (χ0v) is 18.7. The maximum atomic E-state index is 12.6. The molecule has 0 bridgehead atoms. The van der Waals surface area contributed by atoms with Gasteiger partial charge < -0.3 is 15.4 Å². The van der Waals surface area contributed by atoms with Crippen LogP contribution in [0.25, 0.3) is 10.9 Å². The van der Waals surface area contributed by atoms with Crippen LogP contribution in [0.2, 0.25) is 0 Å². The molecular formula is C26H27N5O2. The van der Waals surface area contributed by atoms with Gasteiger partial charge in [0.1, 0.15) is 17.9 Å². The van der Waals surface area contributed by atoms with Crippen molar-refractivity contribution in [3.05, 3.63) is 60.4 Å². The minimum atomic E-state index is -0.210. The molecular weight excluding hydrogens is 414 g/mol. The Morgan fingerprint density at radius 2 is 2.06 bits per heavy atom. The van der Waals surface area contributed by atoms with E-state index < -0.39 is 0 Å². The number of piperidine rings is 1. The molecule has 0 saturated carbocycles. The number of ether oxygens (including phenoxy) is 1. The summed E-state index contributed by atoms with van der Waals surface area (Å²) in [4.78, 5) is 23.7. The van der Waals surface area contributed by atoms with E-state index in [1.807, 2.05) is 36.4 Å². The molecule has 0 unspecified atom stereocenters. The summed E-state index contributed by atoms with van der Waals surface area (Å²) in [6, 6.07) is 11.1. The van der Waals surface area contributed by atoms with Gasteiger partial charge in [-0.1, -0.05) is 24.5 Å². The number of rotatable bonds is 7. The van der Waals surface area contributed by atoms with Gasteiger partial charge in [0.25, 0.3) is 0 Å². The second kappa shape index (κ2) is 10.6. The summed E-state index contributed by atoms with van der Waals surface area (Å²) in [6.45, 7) is 2.95. The number of carbonyl (C=O) groups excluding carboxylic acids is 1. The molecule has 2 N–H and O–H groups in total. The van der Waals surface area contributed by atoms with E-state index in [9.17, 15) is 4.79 Å². The predicted octanol–water partition coefficient (Wildman–Crippen LogP) is 4.34. The number of fused-ring (bicyclic) bond motifs is 1. The Kier molecular flexibility index (Phi) is 7.18. The van der Waals surface area contributed by atoms with Crippen LogP contribution in [0.5, 0.6) is 5.75 Å². The summed E-state index contributed by atoms with van der Waals surface area (Å²) in [6.07, 6.45) is 14.2. The van der Waals surface area contributed by atoms with E-state index in [0.717, 1.165) is 36.3 Å². The first-order valence-corrected chi connectivity index (χ1v) is 11.0. The fourth-order valence-corrected chi connectivity index (χ4v) is 3.90. The largest absolute Gasteiger partial charge is 0.494 e. The Morgan fingerprint density at radius 3 is 2.85 bits per heavy atom. The van der Waals surface area contributed by atoms with E-state index in [-0.39, 0.29) is 5.91 Å². The third kappa shape index (κ3) is 5.68. The van der Waals surface area contributed by atoms with Crippen LogP contribution in [0.1, 0.15) is 24.8 Å². The van der Waals surface area contributed by atoms with Gasteiger partial charge in [0.15, 0.2) is 0 Å². The van der Waals surface area contributed by atoms with Gasteiger partial charge in [-0.25, -0.2) is 9.97 Å². The molecule has 4 rings (SSSR count). The van der Waals surface area contributed by atoms with Gasteiger partial charge in [-0.3, -0.25) is 9.69 Å². The Morgan fingerprint density at radius 1 is 1.21 bits per heavy atom. The monoisotopic (exact) mass is 441 g/mol.